The molecule has 1 saturated heterocycles. The van der Waals surface area contributed by atoms with E-state index >= 15 is 0 Å². The number of sulfonamides is 1. The number of hydrogen-bond acceptors (Lipinski definition) is 7. The lowest BCUT2D eigenvalue weighted by Gasteiger charge is -2.26. The number of carbonyl (C=O) groups is 2. The summed E-state index contributed by atoms with van der Waals surface area (Å²) >= 11 is 5.96. The number of halogens is 1. The Morgan fingerprint density at radius 2 is 1.56 bits per heavy atom. The van der Waals surface area contributed by atoms with E-state index in [1.54, 1.807) is 30.3 Å². The molecule has 0 bridgehead atoms. The summed E-state index contributed by atoms with van der Waals surface area (Å²) in [5.74, 6) is -1.45. The van der Waals surface area contributed by atoms with Crippen molar-refractivity contribution >= 4 is 44.8 Å². The Labute approximate surface area is 212 Å². The summed E-state index contributed by atoms with van der Waals surface area (Å²) in [6, 6.07) is 15.1. The van der Waals surface area contributed by atoms with Gasteiger partial charge in [0, 0.05) is 16.3 Å². The van der Waals surface area contributed by atoms with Crippen molar-refractivity contribution in [1.29, 1.82) is 0 Å². The Morgan fingerprint density at radius 1 is 0.944 bits per heavy atom. The van der Waals surface area contributed by atoms with Gasteiger partial charge >= 0.3 is 0 Å². The van der Waals surface area contributed by atoms with Crippen LogP contribution in [0.15, 0.2) is 77.2 Å². The smallest absolute Gasteiger partial charge is 0.300 e. The number of primary sulfonamides is 1. The molecule has 11 heteroatoms. The fraction of sp³-hybridized carbons (Fsp3) is 0.120. The van der Waals surface area contributed by atoms with Crippen LogP contribution in [0.5, 0.6) is 11.5 Å². The maximum absolute atomic E-state index is 13.3. The van der Waals surface area contributed by atoms with E-state index in [2.05, 4.69) is 0 Å². The highest BCUT2D eigenvalue weighted by Gasteiger charge is 2.47. The first kappa shape index (κ1) is 25.2. The van der Waals surface area contributed by atoms with Crippen LogP contribution < -0.4 is 19.5 Å². The van der Waals surface area contributed by atoms with Crippen molar-refractivity contribution in [3.8, 4) is 11.5 Å². The van der Waals surface area contributed by atoms with Gasteiger partial charge in [-0.3, -0.25) is 14.5 Å². The van der Waals surface area contributed by atoms with Gasteiger partial charge in [-0.1, -0.05) is 17.7 Å². The lowest BCUT2D eigenvalue weighted by atomic mass is 9.94. The number of benzene rings is 3. The molecule has 1 aliphatic heterocycles. The second-order valence-electron chi connectivity index (χ2n) is 7.83. The Kier molecular flexibility index (Phi) is 6.77. The molecule has 0 radical (unpaired) electrons. The number of Topliss-reactive ketones (excluding diaryl/α,β-unsaturated/α-hetero) is 1. The van der Waals surface area contributed by atoms with E-state index in [9.17, 15) is 23.1 Å². The predicted molar refractivity (Wildman–Crippen MR) is 134 cm³/mol. The summed E-state index contributed by atoms with van der Waals surface area (Å²) in [7, 11) is -1.06. The molecular formula is C25H21ClN2O7S. The standard InChI is InChI=1S/C25H21ClN2O7S/c1-34-19-12-5-15(13-20(19)35-2)22-21(23(29)14-3-6-16(26)7-4-14)24(30)25(31)28(22)17-8-10-18(11-9-17)36(27,32)33/h3-13,22,29H,1-2H3,(H2,27,32,33)/b23-21+/t22-/m0/s1. The number of hydrogen-bond donors (Lipinski definition) is 2. The van der Waals surface area contributed by atoms with Crippen molar-refractivity contribution in [1.82, 2.24) is 0 Å². The summed E-state index contributed by atoms with van der Waals surface area (Å²) in [5.41, 5.74) is 0.787. The normalized spacial score (nSPS) is 17.3. The van der Waals surface area contributed by atoms with Gasteiger partial charge in [-0.15, -0.1) is 0 Å². The number of nitrogens with two attached hydrogens (primary N) is 1. The molecule has 0 saturated carbocycles. The Hall–Kier alpha value is -3.86. The summed E-state index contributed by atoms with van der Waals surface area (Å²) in [6.45, 7) is 0. The fourth-order valence-electron chi connectivity index (χ4n) is 4.00. The van der Waals surface area contributed by atoms with Crippen LogP contribution in [0, 0.1) is 0 Å². The molecule has 1 aliphatic rings. The van der Waals surface area contributed by atoms with Crippen LogP contribution in [0.3, 0.4) is 0 Å². The van der Waals surface area contributed by atoms with Gasteiger partial charge in [0.15, 0.2) is 11.5 Å². The minimum absolute atomic E-state index is 0.160. The monoisotopic (exact) mass is 528 g/mol. The van der Waals surface area contributed by atoms with Crippen LogP contribution in [0.1, 0.15) is 17.2 Å². The summed E-state index contributed by atoms with van der Waals surface area (Å²) < 4.78 is 34.1. The molecule has 0 aliphatic carbocycles. The highest BCUT2D eigenvalue weighted by Crippen LogP contribution is 2.44. The molecule has 0 spiro atoms. The molecule has 9 nitrogen and oxygen atoms in total. The fourth-order valence-corrected chi connectivity index (χ4v) is 4.64. The minimum Gasteiger partial charge on any atom is -0.507 e. The molecule has 3 aromatic rings. The molecule has 1 fully saturated rings. The van der Waals surface area contributed by atoms with Gasteiger partial charge in [-0.05, 0) is 66.2 Å². The maximum Gasteiger partial charge on any atom is 0.300 e. The highest BCUT2D eigenvalue weighted by atomic mass is 35.5. The average Bonchev–Trinajstić information content (AvgIpc) is 3.13. The first-order valence-corrected chi connectivity index (χ1v) is 12.4. The summed E-state index contributed by atoms with van der Waals surface area (Å²) in [5, 5.41) is 16.8. The quantitative estimate of drug-likeness (QED) is 0.283. The second kappa shape index (κ2) is 9.65. The van der Waals surface area contributed by atoms with Crippen molar-refractivity contribution in [3.63, 3.8) is 0 Å². The second-order valence-corrected chi connectivity index (χ2v) is 9.83. The van der Waals surface area contributed by atoms with E-state index in [1.165, 1.54) is 55.5 Å². The molecule has 3 N–H and O–H groups in total. The van der Waals surface area contributed by atoms with Gasteiger partial charge in [0.1, 0.15) is 5.76 Å². The maximum atomic E-state index is 13.3. The number of methoxy groups -OCH3 is 2. The molecule has 1 amide bonds. The van der Waals surface area contributed by atoms with Crippen LogP contribution >= 0.6 is 11.6 Å². The largest absolute Gasteiger partial charge is 0.507 e. The van der Waals surface area contributed by atoms with E-state index in [0.717, 1.165) is 0 Å². The number of aliphatic hydroxyl groups excluding tert-OH is 1. The summed E-state index contributed by atoms with van der Waals surface area (Å²) in [4.78, 5) is 27.5. The minimum atomic E-state index is -3.97. The number of amides is 1. The van der Waals surface area contributed by atoms with E-state index in [0.29, 0.717) is 22.1 Å². The molecule has 4 rings (SSSR count). The zero-order valence-electron chi connectivity index (χ0n) is 19.1. The lowest BCUT2D eigenvalue weighted by molar-refractivity contribution is -0.132. The predicted octanol–water partition coefficient (Wildman–Crippen LogP) is 3.63. The van der Waals surface area contributed by atoms with Crippen molar-refractivity contribution in [2.45, 2.75) is 10.9 Å². The van der Waals surface area contributed by atoms with Crippen molar-refractivity contribution < 1.29 is 32.6 Å². The lowest BCUT2D eigenvalue weighted by Crippen LogP contribution is -2.29. The number of ether oxygens (including phenoxy) is 2. The number of rotatable bonds is 6. The summed E-state index contributed by atoms with van der Waals surface area (Å²) in [6.07, 6.45) is 0. The van der Waals surface area contributed by atoms with E-state index < -0.39 is 33.5 Å². The molecule has 0 aromatic heterocycles. The highest BCUT2D eigenvalue weighted by molar-refractivity contribution is 7.89. The molecule has 3 aromatic carbocycles. The number of nitrogens with zero attached hydrogens (tertiary/aromatic N) is 1. The van der Waals surface area contributed by atoms with Crippen LogP contribution in [0.25, 0.3) is 5.76 Å². The van der Waals surface area contributed by atoms with E-state index in [-0.39, 0.29) is 21.7 Å². The Balaban J connectivity index is 1.95. The van der Waals surface area contributed by atoms with Gasteiger partial charge in [0.2, 0.25) is 10.0 Å². The Bertz CT molecular complexity index is 1480. The third kappa shape index (κ3) is 4.53. The molecule has 0 unspecified atom stereocenters. The SMILES string of the molecule is COc1ccc([C@H]2/C(=C(\O)c3ccc(Cl)cc3)C(=O)C(=O)N2c2ccc(S(N)(=O)=O)cc2)cc1OC. The zero-order chi connectivity index (χ0) is 26.2. The van der Waals surface area contributed by atoms with Gasteiger partial charge < -0.3 is 14.6 Å². The molecular weight excluding hydrogens is 508 g/mol. The van der Waals surface area contributed by atoms with Crippen molar-refractivity contribution in [2.24, 2.45) is 5.14 Å². The number of carbonyl (C=O) groups excluding carboxylic acids is 2. The Morgan fingerprint density at radius 3 is 2.11 bits per heavy atom. The number of ketones is 1. The van der Waals surface area contributed by atoms with E-state index in [1.807, 2.05) is 0 Å². The van der Waals surface area contributed by atoms with Crippen LogP contribution in [-0.2, 0) is 19.6 Å². The van der Waals surface area contributed by atoms with E-state index in [4.69, 9.17) is 26.2 Å². The van der Waals surface area contributed by atoms with Crippen LogP contribution in [-0.4, -0.2) is 39.4 Å². The van der Waals surface area contributed by atoms with Gasteiger partial charge in [-0.2, -0.15) is 0 Å². The van der Waals surface area contributed by atoms with Crippen LogP contribution in [0.2, 0.25) is 5.02 Å². The van der Waals surface area contributed by atoms with Gasteiger partial charge in [0.25, 0.3) is 11.7 Å². The average molecular weight is 529 g/mol. The number of aliphatic hydroxyl groups is 1. The third-order valence-electron chi connectivity index (χ3n) is 5.73. The molecule has 186 valence electrons. The topological polar surface area (TPSA) is 136 Å². The first-order chi connectivity index (χ1) is 17.1. The van der Waals surface area contributed by atoms with Crippen molar-refractivity contribution in [3.05, 3.63) is 88.5 Å². The van der Waals surface area contributed by atoms with Gasteiger partial charge in [0.05, 0.1) is 30.7 Å². The van der Waals surface area contributed by atoms with Gasteiger partial charge in [-0.25, -0.2) is 13.6 Å². The molecule has 1 atom stereocenters. The van der Waals surface area contributed by atoms with Crippen LogP contribution in [0.4, 0.5) is 5.69 Å². The molecule has 1 heterocycles. The third-order valence-corrected chi connectivity index (χ3v) is 6.91. The molecule has 36 heavy (non-hydrogen) atoms. The number of anilines is 1. The van der Waals surface area contributed by atoms with Crippen molar-refractivity contribution in [2.75, 3.05) is 19.1 Å². The first-order valence-electron chi connectivity index (χ1n) is 10.5. The zero-order valence-corrected chi connectivity index (χ0v) is 20.7.